The maximum absolute atomic E-state index is 13.4. The maximum atomic E-state index is 13.4. The number of hydrogen-bond donors (Lipinski definition) is 2. The molecule has 2 atom stereocenters. The lowest BCUT2D eigenvalue weighted by atomic mass is 10.0. The zero-order valence-electron chi connectivity index (χ0n) is 20.3. The average molecular weight is 492 g/mol. The Hall–Kier alpha value is -3.17. The van der Waals surface area contributed by atoms with E-state index in [1.165, 1.54) is 18.7 Å². The molecule has 1 aliphatic rings. The van der Waals surface area contributed by atoms with Crippen molar-refractivity contribution in [2.75, 3.05) is 6.61 Å². The number of rotatable bonds is 8. The number of Topliss-reactive ketones (excluding diaryl/α,β-unsaturated/α-hetero) is 2. The van der Waals surface area contributed by atoms with Crippen molar-refractivity contribution in [2.45, 2.75) is 63.6 Å². The Bertz CT molecular complexity index is 1410. The van der Waals surface area contributed by atoms with Crippen LogP contribution in [-0.2, 0) is 11.3 Å². The fourth-order valence-corrected chi connectivity index (χ4v) is 5.84. The van der Waals surface area contributed by atoms with Gasteiger partial charge in [0.1, 0.15) is 0 Å². The van der Waals surface area contributed by atoms with E-state index in [0.29, 0.717) is 28.5 Å². The van der Waals surface area contributed by atoms with Crippen molar-refractivity contribution < 1.29 is 14.3 Å². The van der Waals surface area contributed by atoms with Gasteiger partial charge in [-0.1, -0.05) is 30.0 Å². The number of nitrogens with zero attached hydrogens (tertiary/aromatic N) is 3. The van der Waals surface area contributed by atoms with Gasteiger partial charge in [-0.25, -0.2) is 0 Å². The molecule has 5 rings (SSSR count). The number of thioether (sulfide) groups is 1. The highest BCUT2D eigenvalue weighted by molar-refractivity contribution is 8.00. The minimum atomic E-state index is -0.421. The largest absolute Gasteiger partial charge is 0.376 e. The third-order valence-electron chi connectivity index (χ3n) is 6.64. The van der Waals surface area contributed by atoms with Crippen LogP contribution in [0.2, 0.25) is 0 Å². The Balaban J connectivity index is 1.48. The van der Waals surface area contributed by atoms with Crippen LogP contribution in [0.25, 0.3) is 22.3 Å². The van der Waals surface area contributed by atoms with Gasteiger partial charge in [-0.15, -0.1) is 10.2 Å². The number of ketones is 2. The molecular formula is C26H29N5O3S. The van der Waals surface area contributed by atoms with E-state index in [4.69, 9.17) is 4.74 Å². The van der Waals surface area contributed by atoms with Crippen LogP contribution in [0.4, 0.5) is 0 Å². The zero-order valence-corrected chi connectivity index (χ0v) is 21.2. The molecule has 1 saturated heterocycles. The molecule has 1 aliphatic heterocycles. The molecule has 9 heteroatoms. The predicted octanol–water partition coefficient (Wildman–Crippen LogP) is 5.12. The van der Waals surface area contributed by atoms with Crippen molar-refractivity contribution >= 4 is 34.2 Å². The molecule has 0 unspecified atom stereocenters. The molecule has 0 bridgehead atoms. The monoisotopic (exact) mass is 491 g/mol. The minimum absolute atomic E-state index is 0.0460. The molecule has 1 fully saturated rings. The van der Waals surface area contributed by atoms with Crippen LogP contribution in [0.3, 0.4) is 0 Å². The molecule has 2 N–H and O–H groups in total. The third-order valence-corrected chi connectivity index (χ3v) is 7.73. The zero-order chi connectivity index (χ0) is 24.7. The minimum Gasteiger partial charge on any atom is -0.376 e. The molecule has 35 heavy (non-hydrogen) atoms. The summed E-state index contributed by atoms with van der Waals surface area (Å²) in [5.74, 6) is 0.643. The fraction of sp³-hybridized carbons (Fsp3) is 0.385. The van der Waals surface area contributed by atoms with Gasteiger partial charge in [-0.3, -0.25) is 14.2 Å². The summed E-state index contributed by atoms with van der Waals surface area (Å²) < 4.78 is 8.00. The third kappa shape index (κ3) is 4.34. The highest BCUT2D eigenvalue weighted by Crippen LogP contribution is 2.33. The first-order chi connectivity index (χ1) is 16.8. The molecule has 1 aromatic carbocycles. The van der Waals surface area contributed by atoms with Crippen LogP contribution >= 0.6 is 11.8 Å². The molecule has 8 nitrogen and oxygen atoms in total. The van der Waals surface area contributed by atoms with E-state index in [2.05, 4.69) is 30.8 Å². The number of ether oxygens (including phenoxy) is 1. The highest BCUT2D eigenvalue weighted by Gasteiger charge is 2.28. The van der Waals surface area contributed by atoms with Crippen molar-refractivity contribution in [3.63, 3.8) is 0 Å². The van der Waals surface area contributed by atoms with Crippen LogP contribution in [0.5, 0.6) is 0 Å². The number of H-pyrrole nitrogens is 2. The quantitative estimate of drug-likeness (QED) is 0.262. The Labute approximate surface area is 207 Å². The van der Waals surface area contributed by atoms with Gasteiger partial charge in [0.15, 0.2) is 22.5 Å². The van der Waals surface area contributed by atoms with Crippen LogP contribution in [0.15, 0.2) is 35.6 Å². The number of aryl methyl sites for hydroxylation is 1. The van der Waals surface area contributed by atoms with Crippen LogP contribution in [-0.4, -0.2) is 54.3 Å². The number of carbonyl (C=O) groups is 2. The van der Waals surface area contributed by atoms with E-state index in [0.717, 1.165) is 47.4 Å². The fourth-order valence-electron chi connectivity index (χ4n) is 4.93. The predicted molar refractivity (Wildman–Crippen MR) is 136 cm³/mol. The van der Waals surface area contributed by atoms with Crippen molar-refractivity contribution in [2.24, 2.45) is 0 Å². The molecule has 0 aliphatic carbocycles. The smallest absolute Gasteiger partial charge is 0.192 e. The lowest BCUT2D eigenvalue weighted by Crippen LogP contribution is -2.19. The van der Waals surface area contributed by atoms with Gasteiger partial charge < -0.3 is 14.7 Å². The maximum Gasteiger partial charge on any atom is 0.192 e. The normalized spacial score (nSPS) is 16.7. The number of carbonyl (C=O) groups excluding carboxylic acids is 2. The van der Waals surface area contributed by atoms with E-state index < -0.39 is 5.25 Å². The lowest BCUT2D eigenvalue weighted by molar-refractivity contribution is 0.0953. The molecule has 0 saturated carbocycles. The van der Waals surface area contributed by atoms with Crippen molar-refractivity contribution in [1.29, 1.82) is 0 Å². The summed E-state index contributed by atoms with van der Waals surface area (Å²) in [5.41, 5.74) is 4.50. The lowest BCUT2D eigenvalue weighted by Gasteiger charge is -2.16. The van der Waals surface area contributed by atoms with E-state index in [1.807, 2.05) is 45.2 Å². The van der Waals surface area contributed by atoms with Crippen LogP contribution < -0.4 is 0 Å². The number of benzene rings is 1. The average Bonchev–Trinajstić information content (AvgIpc) is 3.61. The molecule has 3 aromatic heterocycles. The van der Waals surface area contributed by atoms with E-state index in [9.17, 15) is 9.59 Å². The second kappa shape index (κ2) is 9.47. The van der Waals surface area contributed by atoms with Gasteiger partial charge >= 0.3 is 0 Å². The SMILES string of the molecule is CC(=O)c1c(C)[nH]c(C(=O)[C@@H](C)Sc2nnc(-c3c[nH]c4ccccc34)n2C[C@H]2CCCO2)c1C. The van der Waals surface area contributed by atoms with Crippen molar-refractivity contribution in [3.8, 4) is 11.4 Å². The number of nitrogens with one attached hydrogen (secondary N) is 2. The summed E-state index contributed by atoms with van der Waals surface area (Å²) in [6.45, 7) is 8.42. The summed E-state index contributed by atoms with van der Waals surface area (Å²) in [6, 6.07) is 8.10. The number of para-hydroxylation sites is 1. The Morgan fingerprint density at radius 2 is 2.06 bits per heavy atom. The van der Waals surface area contributed by atoms with Gasteiger partial charge in [0.05, 0.1) is 23.6 Å². The standard InChI is InChI=1S/C26H29N5O3S/c1-14-22(16(3)32)15(2)28-23(14)24(33)17(4)35-26-30-29-25(31(26)13-18-8-7-11-34-18)20-12-27-21-10-6-5-9-19(20)21/h5-6,9-10,12,17-18,27-28H,7-8,11,13H2,1-4H3/t17-,18-/m1/s1. The number of aromatic nitrogens is 5. The van der Waals surface area contributed by atoms with Crippen LogP contribution in [0, 0.1) is 13.8 Å². The Kier molecular flexibility index (Phi) is 6.37. The summed E-state index contributed by atoms with van der Waals surface area (Å²) in [4.78, 5) is 31.8. The molecule has 0 amide bonds. The highest BCUT2D eigenvalue weighted by atomic mass is 32.2. The van der Waals surface area contributed by atoms with Crippen molar-refractivity contribution in [3.05, 3.63) is 53.0 Å². The molecular weight excluding hydrogens is 462 g/mol. The summed E-state index contributed by atoms with van der Waals surface area (Å²) in [7, 11) is 0. The van der Waals surface area contributed by atoms with Gasteiger partial charge in [0, 0.05) is 40.5 Å². The number of aromatic amines is 2. The van der Waals surface area contributed by atoms with E-state index in [-0.39, 0.29) is 17.7 Å². The second-order valence-electron chi connectivity index (χ2n) is 9.11. The van der Waals surface area contributed by atoms with E-state index >= 15 is 0 Å². The van der Waals surface area contributed by atoms with Gasteiger partial charge in [-0.2, -0.15) is 0 Å². The van der Waals surface area contributed by atoms with Crippen molar-refractivity contribution in [1.82, 2.24) is 24.7 Å². The first-order valence-corrected chi connectivity index (χ1v) is 12.7. The Morgan fingerprint density at radius 3 is 2.77 bits per heavy atom. The van der Waals surface area contributed by atoms with Gasteiger partial charge in [0.2, 0.25) is 0 Å². The first kappa shape index (κ1) is 23.6. The topological polar surface area (TPSA) is 106 Å². The molecule has 0 spiro atoms. The number of hydrogen-bond acceptors (Lipinski definition) is 6. The number of fused-ring (bicyclic) bond motifs is 1. The second-order valence-corrected chi connectivity index (χ2v) is 10.4. The van der Waals surface area contributed by atoms with Gasteiger partial charge in [-0.05, 0) is 52.2 Å². The molecule has 0 radical (unpaired) electrons. The summed E-state index contributed by atoms with van der Waals surface area (Å²) in [5, 5.41) is 10.4. The summed E-state index contributed by atoms with van der Waals surface area (Å²) >= 11 is 1.38. The Morgan fingerprint density at radius 1 is 1.26 bits per heavy atom. The van der Waals surface area contributed by atoms with Crippen LogP contribution in [0.1, 0.15) is 58.8 Å². The summed E-state index contributed by atoms with van der Waals surface area (Å²) in [6.07, 6.45) is 4.07. The molecule has 182 valence electrons. The molecule has 4 heterocycles. The first-order valence-electron chi connectivity index (χ1n) is 11.9. The van der Waals surface area contributed by atoms with Gasteiger partial charge in [0.25, 0.3) is 0 Å². The van der Waals surface area contributed by atoms with E-state index in [1.54, 1.807) is 0 Å². The molecule has 4 aromatic rings.